The van der Waals surface area contributed by atoms with Gasteiger partial charge in [-0.05, 0) is 70.8 Å². The fraction of sp³-hybridized carbons (Fsp3) is 0.571. The summed E-state index contributed by atoms with van der Waals surface area (Å²) in [5, 5.41) is 3.33. The summed E-state index contributed by atoms with van der Waals surface area (Å²) in [6.07, 6.45) is 1.34. The third kappa shape index (κ3) is 7.30. The summed E-state index contributed by atoms with van der Waals surface area (Å²) < 4.78 is 13.1. The third-order valence-electron chi connectivity index (χ3n) is 2.39. The molecule has 0 amide bonds. The van der Waals surface area contributed by atoms with E-state index in [9.17, 15) is 0 Å². The second-order valence-electron chi connectivity index (χ2n) is 4.42. The summed E-state index contributed by atoms with van der Waals surface area (Å²) >= 11 is 6.94. The molecule has 0 aliphatic rings. The molecule has 0 saturated carbocycles. The van der Waals surface area contributed by atoms with Crippen LogP contribution in [0.4, 0.5) is 0 Å². The molecule has 19 heavy (non-hydrogen) atoms. The Morgan fingerprint density at radius 3 is 2.42 bits per heavy atom. The lowest BCUT2D eigenvalue weighted by Gasteiger charge is -2.11. The number of ether oxygens (including phenoxy) is 2. The maximum atomic E-state index is 5.72. The number of halogens is 2. The normalized spacial score (nSPS) is 11.0. The van der Waals surface area contributed by atoms with Crippen LogP contribution in [0.2, 0.25) is 0 Å². The van der Waals surface area contributed by atoms with Crippen LogP contribution in [0.1, 0.15) is 20.3 Å². The molecule has 0 spiro atoms. The molecule has 0 aliphatic carbocycles. The fourth-order valence-corrected chi connectivity index (χ4v) is 2.71. The number of para-hydroxylation sites is 1. The van der Waals surface area contributed by atoms with Crippen molar-refractivity contribution in [2.24, 2.45) is 0 Å². The molecule has 3 nitrogen and oxygen atoms in total. The number of nitrogens with one attached hydrogen (secondary N) is 1. The zero-order valence-corrected chi connectivity index (χ0v) is 14.6. The van der Waals surface area contributed by atoms with E-state index in [1.165, 1.54) is 0 Å². The van der Waals surface area contributed by atoms with Gasteiger partial charge in [-0.3, -0.25) is 0 Å². The van der Waals surface area contributed by atoms with Gasteiger partial charge in [0.05, 0.1) is 15.0 Å². The molecular weight excluding hydrogens is 374 g/mol. The maximum Gasteiger partial charge on any atom is 0.147 e. The Hall–Kier alpha value is -0.100. The van der Waals surface area contributed by atoms with Gasteiger partial charge in [0.1, 0.15) is 12.4 Å². The van der Waals surface area contributed by atoms with E-state index in [1.54, 1.807) is 0 Å². The summed E-state index contributed by atoms with van der Waals surface area (Å²) in [7, 11) is 0. The van der Waals surface area contributed by atoms with E-state index >= 15 is 0 Å². The predicted molar refractivity (Wildman–Crippen MR) is 85.9 cm³/mol. The van der Waals surface area contributed by atoms with Crippen molar-refractivity contribution in [3.8, 4) is 5.75 Å². The monoisotopic (exact) mass is 393 g/mol. The minimum absolute atomic E-state index is 0.316. The van der Waals surface area contributed by atoms with Gasteiger partial charge in [0, 0.05) is 13.2 Å². The van der Waals surface area contributed by atoms with Gasteiger partial charge in [-0.25, -0.2) is 0 Å². The quantitative estimate of drug-likeness (QED) is 0.642. The second-order valence-corrected chi connectivity index (χ2v) is 6.13. The van der Waals surface area contributed by atoms with E-state index in [2.05, 4.69) is 51.0 Å². The fourth-order valence-electron chi connectivity index (χ4n) is 1.49. The van der Waals surface area contributed by atoms with Crippen LogP contribution in [0, 0.1) is 0 Å². The van der Waals surface area contributed by atoms with Gasteiger partial charge in [-0.15, -0.1) is 0 Å². The van der Waals surface area contributed by atoms with E-state index in [-0.39, 0.29) is 0 Å². The van der Waals surface area contributed by atoms with Crippen molar-refractivity contribution in [2.45, 2.75) is 26.4 Å². The first-order valence-corrected chi connectivity index (χ1v) is 8.09. The first-order valence-electron chi connectivity index (χ1n) is 6.50. The van der Waals surface area contributed by atoms with Crippen molar-refractivity contribution >= 4 is 31.9 Å². The standard InChI is InChI=1S/C14H21Br2NO2/c1-11(2)18-9-4-7-17-8-10-19-14-12(15)5-3-6-13(14)16/h3,5-6,11,17H,4,7-10H2,1-2H3. The second kappa shape index (κ2) is 9.75. The molecule has 0 aliphatic heterocycles. The molecule has 0 aromatic heterocycles. The number of rotatable bonds is 9. The van der Waals surface area contributed by atoms with Crippen molar-refractivity contribution in [3.63, 3.8) is 0 Å². The molecule has 0 bridgehead atoms. The number of benzene rings is 1. The molecular formula is C14H21Br2NO2. The molecule has 0 unspecified atom stereocenters. The van der Waals surface area contributed by atoms with Gasteiger partial charge < -0.3 is 14.8 Å². The highest BCUT2D eigenvalue weighted by molar-refractivity contribution is 9.11. The van der Waals surface area contributed by atoms with Gasteiger partial charge in [-0.2, -0.15) is 0 Å². The molecule has 0 fully saturated rings. The van der Waals surface area contributed by atoms with Crippen LogP contribution in [-0.4, -0.2) is 32.4 Å². The van der Waals surface area contributed by atoms with Crippen LogP contribution in [-0.2, 0) is 4.74 Å². The largest absolute Gasteiger partial charge is 0.490 e. The van der Waals surface area contributed by atoms with Crippen LogP contribution in [0.25, 0.3) is 0 Å². The lowest BCUT2D eigenvalue weighted by Crippen LogP contribution is -2.23. The summed E-state index contributed by atoms with van der Waals surface area (Å²) in [6.45, 7) is 7.34. The summed E-state index contributed by atoms with van der Waals surface area (Å²) in [5.41, 5.74) is 0. The predicted octanol–water partition coefficient (Wildman–Crippen LogP) is 4.00. The van der Waals surface area contributed by atoms with Gasteiger partial charge in [-0.1, -0.05) is 6.07 Å². The third-order valence-corrected chi connectivity index (χ3v) is 3.64. The Labute approximate surface area is 132 Å². The molecule has 0 radical (unpaired) electrons. The van der Waals surface area contributed by atoms with Crippen LogP contribution in [0.15, 0.2) is 27.1 Å². The van der Waals surface area contributed by atoms with Crippen molar-refractivity contribution in [1.82, 2.24) is 5.32 Å². The van der Waals surface area contributed by atoms with Crippen LogP contribution < -0.4 is 10.1 Å². The highest BCUT2D eigenvalue weighted by atomic mass is 79.9. The van der Waals surface area contributed by atoms with E-state index in [0.717, 1.165) is 40.8 Å². The molecule has 0 atom stereocenters. The van der Waals surface area contributed by atoms with Gasteiger partial charge >= 0.3 is 0 Å². The molecule has 0 saturated heterocycles. The first kappa shape index (κ1) is 17.0. The lowest BCUT2D eigenvalue weighted by molar-refractivity contribution is 0.0770. The average molecular weight is 395 g/mol. The van der Waals surface area contributed by atoms with Gasteiger partial charge in [0.15, 0.2) is 0 Å². The Bertz CT molecular complexity index is 352. The molecule has 1 aromatic rings. The van der Waals surface area contributed by atoms with E-state index in [0.29, 0.717) is 12.7 Å². The topological polar surface area (TPSA) is 30.5 Å². The minimum atomic E-state index is 0.316. The van der Waals surface area contributed by atoms with Gasteiger partial charge in [0.2, 0.25) is 0 Å². The minimum Gasteiger partial charge on any atom is -0.490 e. The molecule has 5 heteroatoms. The lowest BCUT2D eigenvalue weighted by atomic mass is 10.3. The van der Waals surface area contributed by atoms with E-state index in [1.807, 2.05) is 18.2 Å². The highest BCUT2D eigenvalue weighted by Crippen LogP contribution is 2.32. The smallest absolute Gasteiger partial charge is 0.147 e. The SMILES string of the molecule is CC(C)OCCCNCCOc1c(Br)cccc1Br. The maximum absolute atomic E-state index is 5.72. The number of hydrogen-bond acceptors (Lipinski definition) is 3. The van der Waals surface area contributed by atoms with Gasteiger partial charge in [0.25, 0.3) is 0 Å². The van der Waals surface area contributed by atoms with Crippen molar-refractivity contribution in [2.75, 3.05) is 26.3 Å². The van der Waals surface area contributed by atoms with Crippen molar-refractivity contribution < 1.29 is 9.47 Å². The van der Waals surface area contributed by atoms with Crippen LogP contribution >= 0.6 is 31.9 Å². The van der Waals surface area contributed by atoms with Crippen molar-refractivity contribution in [3.05, 3.63) is 27.1 Å². The highest BCUT2D eigenvalue weighted by Gasteiger charge is 2.04. The van der Waals surface area contributed by atoms with E-state index in [4.69, 9.17) is 9.47 Å². The Kier molecular flexibility index (Phi) is 8.70. The Morgan fingerprint density at radius 1 is 1.11 bits per heavy atom. The van der Waals surface area contributed by atoms with Crippen molar-refractivity contribution in [1.29, 1.82) is 0 Å². The van der Waals surface area contributed by atoms with Crippen LogP contribution in [0.5, 0.6) is 5.75 Å². The molecule has 1 rings (SSSR count). The summed E-state index contributed by atoms with van der Waals surface area (Å²) in [6, 6.07) is 5.90. The zero-order valence-electron chi connectivity index (χ0n) is 11.4. The Balaban J connectivity index is 2.08. The average Bonchev–Trinajstić information content (AvgIpc) is 2.35. The number of hydrogen-bond donors (Lipinski definition) is 1. The Morgan fingerprint density at radius 2 is 1.79 bits per heavy atom. The summed E-state index contributed by atoms with van der Waals surface area (Å²) in [5.74, 6) is 0.854. The summed E-state index contributed by atoms with van der Waals surface area (Å²) in [4.78, 5) is 0. The van der Waals surface area contributed by atoms with E-state index < -0.39 is 0 Å². The molecule has 108 valence electrons. The molecule has 0 heterocycles. The molecule has 1 aromatic carbocycles. The zero-order chi connectivity index (χ0) is 14.1. The first-order chi connectivity index (χ1) is 9.11. The van der Waals surface area contributed by atoms with Crippen LogP contribution in [0.3, 0.4) is 0 Å². The molecule has 1 N–H and O–H groups in total.